The quantitative estimate of drug-likeness (QED) is 0.680. The molecule has 30 heavy (non-hydrogen) atoms. The van der Waals surface area contributed by atoms with Crippen molar-refractivity contribution in [3.8, 4) is 0 Å². The molecule has 1 aromatic carbocycles. The lowest BCUT2D eigenvalue weighted by Gasteiger charge is -2.31. The number of aromatic nitrogens is 1. The smallest absolute Gasteiger partial charge is 0.408 e. The van der Waals surface area contributed by atoms with Crippen molar-refractivity contribution in [3.05, 3.63) is 40.4 Å². The van der Waals surface area contributed by atoms with Gasteiger partial charge in [0.15, 0.2) is 5.58 Å². The average molecular weight is 434 g/mol. The molecular formula is C21H27N3O5S. The Bertz CT molecular complexity index is 1120. The van der Waals surface area contributed by atoms with Crippen LogP contribution in [0.3, 0.4) is 0 Å². The number of allylic oxidation sites excluding steroid dienone is 1. The number of carbonyl (C=O) groups is 1. The molecule has 1 amide bonds. The van der Waals surface area contributed by atoms with Crippen LogP contribution in [0.5, 0.6) is 0 Å². The van der Waals surface area contributed by atoms with Gasteiger partial charge in [-0.3, -0.25) is 9.78 Å². The first-order chi connectivity index (χ1) is 14.4. The van der Waals surface area contributed by atoms with Gasteiger partial charge in [-0.25, -0.2) is 13.2 Å². The van der Waals surface area contributed by atoms with Crippen LogP contribution in [0.15, 0.2) is 44.0 Å². The first kappa shape index (κ1) is 20.9. The molecule has 0 saturated carbocycles. The van der Waals surface area contributed by atoms with Crippen molar-refractivity contribution in [1.82, 2.24) is 14.6 Å². The minimum atomic E-state index is -3.78. The fourth-order valence-electron chi connectivity index (χ4n) is 4.23. The molecule has 2 heterocycles. The summed E-state index contributed by atoms with van der Waals surface area (Å²) < 4.78 is 32.5. The van der Waals surface area contributed by atoms with Gasteiger partial charge < -0.3 is 9.73 Å². The van der Waals surface area contributed by atoms with E-state index < -0.39 is 15.8 Å². The van der Waals surface area contributed by atoms with E-state index in [1.807, 2.05) is 0 Å². The number of piperidine rings is 1. The monoisotopic (exact) mass is 433 g/mol. The van der Waals surface area contributed by atoms with E-state index in [0.717, 1.165) is 19.3 Å². The summed E-state index contributed by atoms with van der Waals surface area (Å²) in [5, 5.41) is 2.98. The highest BCUT2D eigenvalue weighted by Crippen LogP contribution is 2.26. The van der Waals surface area contributed by atoms with Gasteiger partial charge in [0.1, 0.15) is 0 Å². The van der Waals surface area contributed by atoms with Crippen LogP contribution < -0.4 is 11.1 Å². The third-order valence-electron chi connectivity index (χ3n) is 5.92. The molecule has 2 aromatic rings. The van der Waals surface area contributed by atoms with Crippen LogP contribution in [-0.4, -0.2) is 43.2 Å². The maximum Gasteiger partial charge on any atom is 0.417 e. The topological polar surface area (TPSA) is 112 Å². The molecule has 4 rings (SSSR count). The molecule has 2 N–H and O–H groups in total. The van der Waals surface area contributed by atoms with Crippen molar-refractivity contribution in [2.75, 3.05) is 19.6 Å². The lowest BCUT2D eigenvalue weighted by atomic mass is 9.96. The van der Waals surface area contributed by atoms with Gasteiger partial charge in [0.2, 0.25) is 15.9 Å². The second kappa shape index (κ2) is 8.77. The van der Waals surface area contributed by atoms with Crippen LogP contribution in [0.4, 0.5) is 0 Å². The van der Waals surface area contributed by atoms with Crippen molar-refractivity contribution in [3.63, 3.8) is 0 Å². The van der Waals surface area contributed by atoms with Gasteiger partial charge in [0.25, 0.3) is 0 Å². The van der Waals surface area contributed by atoms with Gasteiger partial charge in [-0.1, -0.05) is 11.6 Å². The highest BCUT2D eigenvalue weighted by atomic mass is 32.2. The number of nitrogens with one attached hydrogen (secondary N) is 2. The van der Waals surface area contributed by atoms with Crippen molar-refractivity contribution >= 4 is 27.0 Å². The fourth-order valence-corrected chi connectivity index (χ4v) is 5.77. The Kier molecular flexibility index (Phi) is 6.10. The van der Waals surface area contributed by atoms with Crippen LogP contribution in [0.25, 0.3) is 11.1 Å². The molecule has 0 spiro atoms. The second-order valence-electron chi connectivity index (χ2n) is 8.02. The zero-order chi connectivity index (χ0) is 21.1. The predicted molar refractivity (Wildman–Crippen MR) is 112 cm³/mol. The molecule has 1 aromatic heterocycles. The van der Waals surface area contributed by atoms with Crippen LogP contribution in [0.2, 0.25) is 0 Å². The van der Waals surface area contributed by atoms with Gasteiger partial charge in [0, 0.05) is 25.7 Å². The Labute approximate surface area is 175 Å². The average Bonchev–Trinajstić information content (AvgIpc) is 3.13. The van der Waals surface area contributed by atoms with Crippen molar-refractivity contribution < 1.29 is 17.6 Å². The number of hydrogen-bond acceptors (Lipinski definition) is 5. The van der Waals surface area contributed by atoms with Gasteiger partial charge in [-0.2, -0.15) is 4.31 Å². The molecule has 1 aliphatic heterocycles. The minimum absolute atomic E-state index is 0.0584. The summed E-state index contributed by atoms with van der Waals surface area (Å²) in [4.78, 5) is 26.5. The molecule has 1 fully saturated rings. The summed E-state index contributed by atoms with van der Waals surface area (Å²) in [7, 11) is -3.78. The molecule has 9 heteroatoms. The molecular weight excluding hydrogens is 406 g/mol. The number of aromatic amines is 1. The number of carbonyl (C=O) groups excluding carboxylic acids is 1. The van der Waals surface area contributed by atoms with E-state index in [4.69, 9.17) is 4.42 Å². The number of fused-ring (bicyclic) bond motifs is 1. The fraction of sp³-hybridized carbons (Fsp3) is 0.524. The standard InChI is InChI=1S/C21H27N3O5S/c25-20(22-11-10-15-5-2-1-3-6-15)16-7-4-12-24(14-16)30(27,28)17-8-9-18-19(13-17)29-21(26)23-18/h5,8-9,13,16H,1-4,6-7,10-12,14H2,(H,22,25)(H,23,26). The Morgan fingerprint density at radius 1 is 1.27 bits per heavy atom. The normalized spacial score (nSPS) is 20.8. The van der Waals surface area contributed by atoms with Crippen molar-refractivity contribution in [2.24, 2.45) is 5.92 Å². The first-order valence-electron chi connectivity index (χ1n) is 10.5. The zero-order valence-corrected chi connectivity index (χ0v) is 17.7. The molecule has 162 valence electrons. The predicted octanol–water partition coefficient (Wildman–Crippen LogP) is 2.53. The molecule has 0 radical (unpaired) electrons. The minimum Gasteiger partial charge on any atom is -0.408 e. The number of H-pyrrole nitrogens is 1. The van der Waals surface area contributed by atoms with E-state index in [-0.39, 0.29) is 28.8 Å². The number of benzene rings is 1. The van der Waals surface area contributed by atoms with E-state index in [9.17, 15) is 18.0 Å². The summed E-state index contributed by atoms with van der Waals surface area (Å²) in [5.41, 5.74) is 2.05. The van der Waals surface area contributed by atoms with Crippen LogP contribution in [0.1, 0.15) is 44.9 Å². The van der Waals surface area contributed by atoms with E-state index in [1.165, 1.54) is 40.9 Å². The zero-order valence-electron chi connectivity index (χ0n) is 16.9. The van der Waals surface area contributed by atoms with Crippen molar-refractivity contribution in [1.29, 1.82) is 0 Å². The van der Waals surface area contributed by atoms with Crippen molar-refractivity contribution in [2.45, 2.75) is 49.8 Å². The lowest BCUT2D eigenvalue weighted by Crippen LogP contribution is -2.45. The largest absolute Gasteiger partial charge is 0.417 e. The summed E-state index contributed by atoms with van der Waals surface area (Å²) in [5.74, 6) is -1.07. The SMILES string of the molecule is O=C(NCCC1=CCCCC1)C1CCCN(S(=O)(=O)c2ccc3[nH]c(=O)oc3c2)C1. The first-order valence-corrected chi connectivity index (χ1v) is 12.0. The van der Waals surface area contributed by atoms with Crippen LogP contribution in [0, 0.1) is 5.92 Å². The molecule has 1 aliphatic carbocycles. The summed E-state index contributed by atoms with van der Waals surface area (Å²) in [6.45, 7) is 1.12. The molecule has 1 unspecified atom stereocenters. The summed E-state index contributed by atoms with van der Waals surface area (Å²) in [6.07, 6.45) is 9.12. The highest BCUT2D eigenvalue weighted by molar-refractivity contribution is 7.89. The molecule has 2 aliphatic rings. The molecule has 1 saturated heterocycles. The maximum atomic E-state index is 13.1. The van der Waals surface area contributed by atoms with E-state index in [0.29, 0.717) is 31.4 Å². The van der Waals surface area contributed by atoms with Gasteiger partial charge in [0.05, 0.1) is 16.3 Å². The van der Waals surface area contributed by atoms with Gasteiger partial charge in [-0.15, -0.1) is 0 Å². The van der Waals surface area contributed by atoms with E-state index in [1.54, 1.807) is 0 Å². The lowest BCUT2D eigenvalue weighted by molar-refractivity contribution is -0.126. The van der Waals surface area contributed by atoms with Gasteiger partial charge >= 0.3 is 5.76 Å². The Hall–Kier alpha value is -2.39. The number of hydrogen-bond donors (Lipinski definition) is 2. The number of nitrogens with zero attached hydrogens (tertiary/aromatic N) is 1. The Morgan fingerprint density at radius 2 is 2.13 bits per heavy atom. The van der Waals surface area contributed by atoms with E-state index in [2.05, 4.69) is 16.4 Å². The van der Waals surface area contributed by atoms with Gasteiger partial charge in [-0.05, 0) is 57.1 Å². The van der Waals surface area contributed by atoms with Crippen LogP contribution >= 0.6 is 0 Å². The third-order valence-corrected chi connectivity index (χ3v) is 7.78. The van der Waals surface area contributed by atoms with Crippen LogP contribution in [-0.2, 0) is 14.8 Å². The second-order valence-corrected chi connectivity index (χ2v) is 9.96. The summed E-state index contributed by atoms with van der Waals surface area (Å²) >= 11 is 0. The number of oxazole rings is 1. The molecule has 0 bridgehead atoms. The third kappa shape index (κ3) is 4.52. The number of sulfonamides is 1. The highest BCUT2D eigenvalue weighted by Gasteiger charge is 2.33. The number of amides is 1. The Balaban J connectivity index is 1.39. The summed E-state index contributed by atoms with van der Waals surface area (Å²) in [6, 6.07) is 4.32. The molecule has 1 atom stereocenters. The maximum absolute atomic E-state index is 13.1. The van der Waals surface area contributed by atoms with E-state index >= 15 is 0 Å². The Morgan fingerprint density at radius 3 is 2.93 bits per heavy atom. The molecule has 8 nitrogen and oxygen atoms in total. The number of rotatable bonds is 6.